The number of likely N-dealkylation sites (tertiary alicyclic amines) is 1. The summed E-state index contributed by atoms with van der Waals surface area (Å²) in [5.41, 5.74) is 0.411. The minimum Gasteiger partial charge on any atom is -0.492 e. The molecule has 2 saturated heterocycles. The zero-order valence-electron chi connectivity index (χ0n) is 17.4. The lowest BCUT2D eigenvalue weighted by Gasteiger charge is -2.50. The highest BCUT2D eigenvalue weighted by molar-refractivity contribution is 6.30. The number of halogens is 4. The van der Waals surface area contributed by atoms with E-state index in [1.54, 1.807) is 36.7 Å². The first-order valence-electron chi connectivity index (χ1n) is 10.1. The van der Waals surface area contributed by atoms with E-state index < -0.39 is 12.1 Å². The van der Waals surface area contributed by atoms with Crippen molar-refractivity contribution in [3.63, 3.8) is 0 Å². The van der Waals surface area contributed by atoms with Gasteiger partial charge in [-0.2, -0.15) is 13.2 Å². The third kappa shape index (κ3) is 6.35. The van der Waals surface area contributed by atoms with E-state index in [1.807, 2.05) is 17.0 Å². The molecule has 3 heterocycles. The van der Waals surface area contributed by atoms with Crippen molar-refractivity contribution >= 4 is 23.5 Å². The minimum atomic E-state index is -5.08. The number of pyridine rings is 1. The fourth-order valence-corrected chi connectivity index (χ4v) is 4.03. The Bertz CT molecular complexity index is 968. The van der Waals surface area contributed by atoms with E-state index in [0.29, 0.717) is 36.2 Å². The van der Waals surface area contributed by atoms with Crippen LogP contribution in [0, 0.1) is 5.92 Å². The molecule has 2 aliphatic rings. The van der Waals surface area contributed by atoms with Crippen LogP contribution < -0.4 is 4.74 Å². The first kappa shape index (κ1) is 24.8. The molecule has 7 nitrogen and oxygen atoms in total. The Hall–Kier alpha value is -2.85. The number of nitrogens with zero attached hydrogens (tertiary/aromatic N) is 2. The highest BCUT2D eigenvalue weighted by Crippen LogP contribution is 2.42. The first-order valence-corrected chi connectivity index (χ1v) is 10.5. The molecule has 1 amide bonds. The summed E-state index contributed by atoms with van der Waals surface area (Å²) < 4.78 is 43.6. The predicted octanol–water partition coefficient (Wildman–Crippen LogP) is 4.07. The number of carboxylic acid groups (broad SMARTS) is 1. The SMILES string of the molecule is O=C(O)C(F)(F)F.O=C(c1cccc(Cl)c1)N1CC2(C1)OCCC2CCOc1cccnc1. The molecule has 1 atom stereocenters. The maximum Gasteiger partial charge on any atom is 0.490 e. The zero-order valence-corrected chi connectivity index (χ0v) is 18.2. The van der Waals surface area contributed by atoms with Crippen LogP contribution in [0.2, 0.25) is 5.02 Å². The average Bonchev–Trinajstić information content (AvgIpc) is 3.17. The van der Waals surface area contributed by atoms with Crippen molar-refractivity contribution in [3.05, 3.63) is 59.4 Å². The van der Waals surface area contributed by atoms with Gasteiger partial charge in [0.2, 0.25) is 0 Å². The van der Waals surface area contributed by atoms with Gasteiger partial charge >= 0.3 is 12.1 Å². The molecule has 1 N–H and O–H groups in total. The summed E-state index contributed by atoms with van der Waals surface area (Å²) in [5.74, 6) is -1.55. The van der Waals surface area contributed by atoms with E-state index in [-0.39, 0.29) is 11.5 Å². The molecule has 4 rings (SSSR count). The fraction of sp³-hybridized carbons (Fsp3) is 0.409. The molecule has 2 aliphatic heterocycles. The molecule has 0 bridgehead atoms. The van der Waals surface area contributed by atoms with E-state index in [2.05, 4.69) is 4.98 Å². The van der Waals surface area contributed by atoms with Gasteiger partial charge in [-0.1, -0.05) is 17.7 Å². The summed E-state index contributed by atoms with van der Waals surface area (Å²) in [6.07, 6.45) is 0.284. The number of hydrogen-bond donors (Lipinski definition) is 1. The van der Waals surface area contributed by atoms with Crippen LogP contribution in [0.5, 0.6) is 5.75 Å². The number of alkyl halides is 3. The summed E-state index contributed by atoms with van der Waals surface area (Å²) >= 11 is 5.99. The van der Waals surface area contributed by atoms with Gasteiger partial charge in [-0.3, -0.25) is 9.78 Å². The molecule has 1 aromatic heterocycles. The Kier molecular flexibility index (Phi) is 7.80. The number of carbonyl (C=O) groups is 2. The fourth-order valence-electron chi connectivity index (χ4n) is 3.84. The van der Waals surface area contributed by atoms with Gasteiger partial charge in [-0.25, -0.2) is 4.79 Å². The summed E-state index contributed by atoms with van der Waals surface area (Å²) in [6, 6.07) is 10.9. The Morgan fingerprint density at radius 1 is 1.27 bits per heavy atom. The van der Waals surface area contributed by atoms with Gasteiger partial charge in [-0.05, 0) is 49.1 Å². The number of benzene rings is 1. The van der Waals surface area contributed by atoms with E-state index in [9.17, 15) is 18.0 Å². The molecule has 1 spiro atoms. The van der Waals surface area contributed by atoms with Crippen LogP contribution in [0.25, 0.3) is 0 Å². The van der Waals surface area contributed by atoms with Gasteiger partial charge in [0, 0.05) is 23.4 Å². The molecule has 2 fully saturated rings. The van der Waals surface area contributed by atoms with Crippen molar-refractivity contribution in [2.24, 2.45) is 5.92 Å². The number of rotatable bonds is 5. The Balaban J connectivity index is 0.000000383. The number of carbonyl (C=O) groups excluding carboxylic acids is 1. The van der Waals surface area contributed by atoms with Crippen molar-refractivity contribution < 1.29 is 37.3 Å². The molecule has 0 saturated carbocycles. The van der Waals surface area contributed by atoms with Crippen LogP contribution >= 0.6 is 11.6 Å². The van der Waals surface area contributed by atoms with Crippen LogP contribution in [0.3, 0.4) is 0 Å². The van der Waals surface area contributed by atoms with Crippen LogP contribution in [-0.2, 0) is 9.53 Å². The lowest BCUT2D eigenvalue weighted by atomic mass is 9.79. The van der Waals surface area contributed by atoms with Crippen LogP contribution in [0.4, 0.5) is 13.2 Å². The van der Waals surface area contributed by atoms with Crippen molar-refractivity contribution in [2.75, 3.05) is 26.3 Å². The van der Waals surface area contributed by atoms with E-state index in [4.69, 9.17) is 31.0 Å². The van der Waals surface area contributed by atoms with Crippen molar-refractivity contribution in [3.8, 4) is 5.75 Å². The second-order valence-corrected chi connectivity index (χ2v) is 8.14. The number of aromatic nitrogens is 1. The van der Waals surface area contributed by atoms with Crippen molar-refractivity contribution in [2.45, 2.75) is 24.6 Å². The van der Waals surface area contributed by atoms with Gasteiger partial charge in [0.05, 0.1) is 25.9 Å². The van der Waals surface area contributed by atoms with Gasteiger partial charge < -0.3 is 19.5 Å². The van der Waals surface area contributed by atoms with Crippen molar-refractivity contribution in [1.82, 2.24) is 9.88 Å². The van der Waals surface area contributed by atoms with Crippen LogP contribution in [0.1, 0.15) is 23.2 Å². The van der Waals surface area contributed by atoms with Crippen LogP contribution in [-0.4, -0.2) is 64.9 Å². The third-order valence-electron chi connectivity index (χ3n) is 5.49. The lowest BCUT2D eigenvalue weighted by Crippen LogP contribution is -2.66. The molecule has 11 heteroatoms. The molecule has 33 heavy (non-hydrogen) atoms. The summed E-state index contributed by atoms with van der Waals surface area (Å²) in [5, 5.41) is 7.70. The van der Waals surface area contributed by atoms with Crippen LogP contribution in [0.15, 0.2) is 48.8 Å². The predicted molar refractivity (Wildman–Crippen MR) is 112 cm³/mol. The number of amides is 1. The quantitative estimate of drug-likeness (QED) is 0.685. The second kappa shape index (κ2) is 10.4. The maximum absolute atomic E-state index is 12.6. The highest BCUT2D eigenvalue weighted by atomic mass is 35.5. The van der Waals surface area contributed by atoms with Gasteiger partial charge in [-0.15, -0.1) is 0 Å². The number of carboxylic acids is 1. The monoisotopic (exact) mass is 486 g/mol. The van der Waals surface area contributed by atoms with E-state index in [0.717, 1.165) is 25.2 Å². The molecular weight excluding hydrogens is 465 g/mol. The Morgan fingerprint density at radius 3 is 2.61 bits per heavy atom. The van der Waals surface area contributed by atoms with E-state index in [1.165, 1.54) is 0 Å². The lowest BCUT2D eigenvalue weighted by molar-refractivity contribution is -0.192. The first-order chi connectivity index (χ1) is 15.6. The minimum absolute atomic E-state index is 0.0129. The average molecular weight is 487 g/mol. The molecule has 2 aromatic rings. The van der Waals surface area contributed by atoms with Gasteiger partial charge in [0.1, 0.15) is 11.4 Å². The second-order valence-electron chi connectivity index (χ2n) is 7.70. The molecule has 0 radical (unpaired) electrons. The van der Waals surface area contributed by atoms with Gasteiger partial charge in [0.25, 0.3) is 5.91 Å². The Morgan fingerprint density at radius 2 is 2.00 bits per heavy atom. The summed E-state index contributed by atoms with van der Waals surface area (Å²) in [6.45, 7) is 2.65. The van der Waals surface area contributed by atoms with Crippen molar-refractivity contribution in [1.29, 1.82) is 0 Å². The highest BCUT2D eigenvalue weighted by Gasteiger charge is 2.54. The Labute approximate surface area is 193 Å². The van der Waals surface area contributed by atoms with Gasteiger partial charge in [0.15, 0.2) is 0 Å². The third-order valence-corrected chi connectivity index (χ3v) is 5.72. The van der Waals surface area contributed by atoms with E-state index >= 15 is 0 Å². The topological polar surface area (TPSA) is 89.0 Å². The number of ether oxygens (including phenoxy) is 2. The molecule has 0 aliphatic carbocycles. The number of hydrogen-bond acceptors (Lipinski definition) is 5. The smallest absolute Gasteiger partial charge is 0.490 e. The largest absolute Gasteiger partial charge is 0.492 e. The molecule has 1 unspecified atom stereocenters. The normalized spacial score (nSPS) is 18.8. The molecule has 1 aromatic carbocycles. The summed E-state index contributed by atoms with van der Waals surface area (Å²) in [4.78, 5) is 27.4. The zero-order chi connectivity index (χ0) is 24.1. The molecule has 178 valence electrons. The maximum atomic E-state index is 12.6. The number of aliphatic carboxylic acids is 1. The summed E-state index contributed by atoms with van der Waals surface area (Å²) in [7, 11) is 0. The molecular formula is C22H22ClF3N2O5. The standard InChI is InChI=1S/C20H21ClN2O3.C2HF3O2/c21-17-4-1-3-15(11-17)19(24)23-13-20(14-23)16(7-10-26-20)6-9-25-18-5-2-8-22-12-18;3-2(4,5)1(6)7/h1-5,8,11-12,16H,6-7,9-10,13-14H2;(H,6,7).